The number of halogens is 1. The van der Waals surface area contributed by atoms with Gasteiger partial charge in [-0.05, 0) is 40.1 Å². The maximum absolute atomic E-state index is 5.81. The van der Waals surface area contributed by atoms with Crippen LogP contribution >= 0.6 is 22.6 Å². The van der Waals surface area contributed by atoms with E-state index in [1.54, 1.807) is 6.20 Å². The van der Waals surface area contributed by atoms with Crippen molar-refractivity contribution in [3.8, 4) is 0 Å². The minimum absolute atomic E-state index is 0.478. The third kappa shape index (κ3) is 1.83. The van der Waals surface area contributed by atoms with Gasteiger partial charge < -0.3 is 5.73 Å². The Hall–Kier alpha value is -0.320. The van der Waals surface area contributed by atoms with Crippen LogP contribution in [-0.4, -0.2) is 4.98 Å². The van der Waals surface area contributed by atoms with Gasteiger partial charge in [-0.15, -0.1) is 0 Å². The Bertz CT molecular complexity index is 258. The molecule has 1 aromatic heterocycles. The van der Waals surface area contributed by atoms with Gasteiger partial charge in [0.05, 0.1) is 5.69 Å². The fourth-order valence-electron chi connectivity index (χ4n) is 0.965. The smallest absolute Gasteiger partial charge is 0.124 e. The molecule has 0 aliphatic rings. The van der Waals surface area contributed by atoms with Crippen LogP contribution in [-0.2, 0) is 0 Å². The van der Waals surface area contributed by atoms with Crippen LogP contribution in [0.1, 0.15) is 25.3 Å². The first-order valence-corrected chi connectivity index (χ1v) is 4.60. The van der Waals surface area contributed by atoms with Gasteiger partial charge in [0.1, 0.15) is 3.70 Å². The Morgan fingerprint density at radius 2 is 2.18 bits per heavy atom. The molecule has 0 bridgehead atoms. The van der Waals surface area contributed by atoms with Gasteiger partial charge in [0.25, 0.3) is 0 Å². The average molecular weight is 262 g/mol. The largest absolute Gasteiger partial charge is 0.396 e. The molecule has 0 atom stereocenters. The van der Waals surface area contributed by atoms with Crippen LogP contribution in [0.25, 0.3) is 0 Å². The maximum Gasteiger partial charge on any atom is 0.124 e. The van der Waals surface area contributed by atoms with E-state index < -0.39 is 0 Å². The summed E-state index contributed by atoms with van der Waals surface area (Å²) in [6, 6.07) is 1.97. The molecule has 0 spiro atoms. The molecule has 0 radical (unpaired) electrons. The van der Waals surface area contributed by atoms with Gasteiger partial charge in [-0.1, -0.05) is 13.8 Å². The number of nitrogens with two attached hydrogens (primary N) is 1. The first-order valence-electron chi connectivity index (χ1n) is 3.52. The number of aromatic nitrogens is 1. The van der Waals surface area contributed by atoms with Crippen LogP contribution in [0.15, 0.2) is 12.3 Å². The summed E-state index contributed by atoms with van der Waals surface area (Å²) in [7, 11) is 0. The van der Waals surface area contributed by atoms with Crippen LogP contribution < -0.4 is 5.73 Å². The molecular weight excluding hydrogens is 251 g/mol. The first kappa shape index (κ1) is 8.77. The SMILES string of the molecule is CC(C)c1ccnc(I)c1N. The number of nitrogen functional groups attached to an aromatic ring is 1. The van der Waals surface area contributed by atoms with Gasteiger partial charge in [-0.25, -0.2) is 4.98 Å². The quantitative estimate of drug-likeness (QED) is 0.623. The highest BCUT2D eigenvalue weighted by Crippen LogP contribution is 2.23. The van der Waals surface area contributed by atoms with Crippen LogP contribution in [0.4, 0.5) is 5.69 Å². The lowest BCUT2D eigenvalue weighted by Crippen LogP contribution is -2.00. The predicted molar refractivity (Wildman–Crippen MR) is 55.5 cm³/mol. The molecule has 0 unspecified atom stereocenters. The Morgan fingerprint density at radius 3 is 2.64 bits per heavy atom. The first-order chi connectivity index (χ1) is 5.13. The summed E-state index contributed by atoms with van der Waals surface area (Å²) < 4.78 is 0.897. The molecule has 3 heteroatoms. The van der Waals surface area contributed by atoms with E-state index in [-0.39, 0.29) is 0 Å². The molecule has 1 rings (SSSR count). The summed E-state index contributed by atoms with van der Waals surface area (Å²) in [5.74, 6) is 0.478. The zero-order valence-corrected chi connectivity index (χ0v) is 8.79. The van der Waals surface area contributed by atoms with Crippen molar-refractivity contribution in [2.45, 2.75) is 19.8 Å². The van der Waals surface area contributed by atoms with Crippen LogP contribution in [0.2, 0.25) is 0 Å². The van der Waals surface area contributed by atoms with E-state index in [0.717, 1.165) is 9.39 Å². The summed E-state index contributed by atoms with van der Waals surface area (Å²) >= 11 is 2.15. The molecule has 1 aromatic rings. The van der Waals surface area contributed by atoms with Crippen molar-refractivity contribution in [1.82, 2.24) is 4.98 Å². The molecule has 0 aromatic carbocycles. The molecule has 0 aliphatic heterocycles. The summed E-state index contributed by atoms with van der Waals surface area (Å²) in [5, 5.41) is 0. The highest BCUT2D eigenvalue weighted by Gasteiger charge is 2.06. The van der Waals surface area contributed by atoms with E-state index in [0.29, 0.717) is 5.92 Å². The molecule has 60 valence electrons. The van der Waals surface area contributed by atoms with Gasteiger partial charge in [-0.2, -0.15) is 0 Å². The monoisotopic (exact) mass is 262 g/mol. The Kier molecular flexibility index (Phi) is 2.70. The van der Waals surface area contributed by atoms with Crippen LogP contribution in [0.5, 0.6) is 0 Å². The normalized spacial score (nSPS) is 10.5. The second-order valence-electron chi connectivity index (χ2n) is 2.76. The minimum Gasteiger partial charge on any atom is -0.396 e. The number of hydrogen-bond donors (Lipinski definition) is 1. The van der Waals surface area contributed by atoms with Gasteiger partial charge in [-0.3, -0.25) is 0 Å². The standard InChI is InChI=1S/C8H11IN2/c1-5(2)6-3-4-11-8(9)7(6)10/h3-5H,10H2,1-2H3. The van der Waals surface area contributed by atoms with Gasteiger partial charge >= 0.3 is 0 Å². The zero-order chi connectivity index (χ0) is 8.43. The van der Waals surface area contributed by atoms with E-state index in [9.17, 15) is 0 Å². The molecule has 0 saturated carbocycles. The number of nitrogens with zero attached hydrogens (tertiary/aromatic N) is 1. The van der Waals surface area contributed by atoms with E-state index in [4.69, 9.17) is 5.73 Å². The maximum atomic E-state index is 5.81. The topological polar surface area (TPSA) is 38.9 Å². The fourth-order valence-corrected chi connectivity index (χ4v) is 1.44. The molecule has 1 heterocycles. The molecule has 0 amide bonds. The zero-order valence-electron chi connectivity index (χ0n) is 6.63. The second kappa shape index (κ2) is 3.38. The number of rotatable bonds is 1. The molecule has 2 nitrogen and oxygen atoms in total. The van der Waals surface area contributed by atoms with Crippen molar-refractivity contribution in [2.24, 2.45) is 0 Å². The molecule has 2 N–H and O–H groups in total. The summed E-state index contributed by atoms with van der Waals surface area (Å²) in [6.45, 7) is 4.25. The van der Waals surface area contributed by atoms with Crippen molar-refractivity contribution < 1.29 is 0 Å². The van der Waals surface area contributed by atoms with E-state index >= 15 is 0 Å². The van der Waals surface area contributed by atoms with Gasteiger partial charge in [0.2, 0.25) is 0 Å². The lowest BCUT2D eigenvalue weighted by Gasteiger charge is -2.08. The summed E-state index contributed by atoms with van der Waals surface area (Å²) in [4.78, 5) is 4.08. The van der Waals surface area contributed by atoms with E-state index in [1.807, 2.05) is 6.07 Å². The summed E-state index contributed by atoms with van der Waals surface area (Å²) in [5.41, 5.74) is 7.82. The second-order valence-corrected chi connectivity index (χ2v) is 3.78. The van der Waals surface area contributed by atoms with Crippen molar-refractivity contribution >= 4 is 28.3 Å². The Balaban J connectivity index is 3.17. The molecule has 0 fully saturated rings. The minimum atomic E-state index is 0.478. The van der Waals surface area contributed by atoms with Crippen LogP contribution in [0, 0.1) is 3.70 Å². The fraction of sp³-hybridized carbons (Fsp3) is 0.375. The Labute approximate surface area is 80.3 Å². The van der Waals surface area contributed by atoms with Crippen molar-refractivity contribution in [1.29, 1.82) is 0 Å². The molecule has 0 saturated heterocycles. The van der Waals surface area contributed by atoms with Crippen molar-refractivity contribution in [3.63, 3.8) is 0 Å². The van der Waals surface area contributed by atoms with Gasteiger partial charge in [0, 0.05) is 6.20 Å². The lowest BCUT2D eigenvalue weighted by molar-refractivity contribution is 0.864. The number of hydrogen-bond acceptors (Lipinski definition) is 2. The highest BCUT2D eigenvalue weighted by atomic mass is 127. The number of pyridine rings is 1. The lowest BCUT2D eigenvalue weighted by atomic mass is 10.0. The third-order valence-electron chi connectivity index (χ3n) is 1.60. The Morgan fingerprint density at radius 1 is 1.55 bits per heavy atom. The predicted octanol–water partition coefficient (Wildman–Crippen LogP) is 2.39. The van der Waals surface area contributed by atoms with Gasteiger partial charge in [0.15, 0.2) is 0 Å². The third-order valence-corrected chi connectivity index (χ3v) is 2.46. The van der Waals surface area contributed by atoms with Crippen molar-refractivity contribution in [3.05, 3.63) is 21.5 Å². The van der Waals surface area contributed by atoms with Crippen LogP contribution in [0.3, 0.4) is 0 Å². The molecule has 11 heavy (non-hydrogen) atoms. The van der Waals surface area contributed by atoms with Crippen molar-refractivity contribution in [2.75, 3.05) is 5.73 Å². The van der Waals surface area contributed by atoms with E-state index in [1.165, 1.54) is 5.56 Å². The molecule has 0 aliphatic carbocycles. The van der Waals surface area contributed by atoms with E-state index in [2.05, 4.69) is 41.4 Å². The highest BCUT2D eigenvalue weighted by molar-refractivity contribution is 14.1. The molecular formula is C8H11IN2. The average Bonchev–Trinajstić information content (AvgIpc) is 1.94. The number of anilines is 1. The summed E-state index contributed by atoms with van der Waals surface area (Å²) in [6.07, 6.45) is 1.80.